The molecule has 0 aliphatic heterocycles. The Kier molecular flexibility index (Phi) is 4.44. The number of carbonyl (C=O) groups is 1. The summed E-state index contributed by atoms with van der Waals surface area (Å²) < 4.78 is 6.14. The number of amides is 1. The molecule has 100 valence electrons. The van der Waals surface area contributed by atoms with E-state index in [4.69, 9.17) is 10.5 Å². The van der Waals surface area contributed by atoms with Crippen LogP contribution in [0.25, 0.3) is 0 Å². The van der Waals surface area contributed by atoms with Gasteiger partial charge >= 0.3 is 0 Å². The summed E-state index contributed by atoms with van der Waals surface area (Å²) in [5, 5.41) is 2.85. The standard InChI is InChI=1S/C13H13BrN2O2S/c1-18-11-6-8(2-4-10(11)15)13(17)16-7-9-3-5-12(14)19-9/h2-6H,7,15H2,1H3,(H,16,17). The van der Waals surface area contributed by atoms with Gasteiger partial charge in [0.05, 0.1) is 23.1 Å². The summed E-state index contributed by atoms with van der Waals surface area (Å²) in [5.41, 5.74) is 6.75. The molecule has 2 rings (SSSR count). The summed E-state index contributed by atoms with van der Waals surface area (Å²) in [6, 6.07) is 8.90. The van der Waals surface area contributed by atoms with Crippen LogP contribution in [0, 0.1) is 0 Å². The first-order valence-electron chi connectivity index (χ1n) is 5.56. The number of hydrogen-bond acceptors (Lipinski definition) is 4. The van der Waals surface area contributed by atoms with Crippen LogP contribution in [-0.4, -0.2) is 13.0 Å². The Labute approximate surface area is 123 Å². The molecular weight excluding hydrogens is 328 g/mol. The number of hydrogen-bond donors (Lipinski definition) is 2. The van der Waals surface area contributed by atoms with Crippen LogP contribution in [0.1, 0.15) is 15.2 Å². The van der Waals surface area contributed by atoms with Crippen LogP contribution in [0.5, 0.6) is 5.75 Å². The van der Waals surface area contributed by atoms with Gasteiger partial charge < -0.3 is 15.8 Å². The molecule has 0 atom stereocenters. The lowest BCUT2D eigenvalue weighted by Crippen LogP contribution is -2.22. The molecule has 4 nitrogen and oxygen atoms in total. The Morgan fingerprint density at radius 1 is 1.42 bits per heavy atom. The summed E-state index contributed by atoms with van der Waals surface area (Å²) in [6.45, 7) is 0.502. The molecule has 0 aliphatic rings. The number of rotatable bonds is 4. The van der Waals surface area contributed by atoms with Crippen LogP contribution in [0.15, 0.2) is 34.1 Å². The zero-order chi connectivity index (χ0) is 13.8. The number of thiophene rings is 1. The van der Waals surface area contributed by atoms with Crippen molar-refractivity contribution in [1.82, 2.24) is 5.32 Å². The maximum Gasteiger partial charge on any atom is 0.251 e. The first-order chi connectivity index (χ1) is 9.10. The van der Waals surface area contributed by atoms with E-state index in [-0.39, 0.29) is 5.91 Å². The molecule has 2 aromatic rings. The third-order valence-corrected chi connectivity index (χ3v) is 4.17. The number of nitrogens with two attached hydrogens (primary N) is 1. The third-order valence-electron chi connectivity index (χ3n) is 2.55. The van der Waals surface area contributed by atoms with Gasteiger partial charge in [-0.1, -0.05) is 0 Å². The molecule has 19 heavy (non-hydrogen) atoms. The van der Waals surface area contributed by atoms with Crippen molar-refractivity contribution in [1.29, 1.82) is 0 Å². The Hall–Kier alpha value is -1.53. The van der Waals surface area contributed by atoms with Crippen molar-refractivity contribution in [2.45, 2.75) is 6.54 Å². The van der Waals surface area contributed by atoms with E-state index < -0.39 is 0 Å². The maximum atomic E-state index is 12.0. The van der Waals surface area contributed by atoms with E-state index in [0.29, 0.717) is 23.5 Å². The molecule has 0 radical (unpaired) electrons. The van der Waals surface area contributed by atoms with E-state index >= 15 is 0 Å². The minimum Gasteiger partial charge on any atom is -0.495 e. The molecule has 1 heterocycles. The largest absolute Gasteiger partial charge is 0.495 e. The van der Waals surface area contributed by atoms with E-state index in [9.17, 15) is 4.79 Å². The molecule has 0 aliphatic carbocycles. The molecule has 3 N–H and O–H groups in total. The van der Waals surface area contributed by atoms with Gasteiger partial charge in [0.15, 0.2) is 0 Å². The summed E-state index contributed by atoms with van der Waals surface area (Å²) >= 11 is 4.98. The van der Waals surface area contributed by atoms with E-state index in [1.165, 1.54) is 7.11 Å². The van der Waals surface area contributed by atoms with Crippen molar-refractivity contribution in [3.05, 3.63) is 44.6 Å². The number of carbonyl (C=O) groups excluding carboxylic acids is 1. The molecule has 1 amide bonds. The van der Waals surface area contributed by atoms with Crippen LogP contribution in [0.3, 0.4) is 0 Å². The van der Waals surface area contributed by atoms with Gasteiger partial charge in [0, 0.05) is 10.4 Å². The monoisotopic (exact) mass is 340 g/mol. The van der Waals surface area contributed by atoms with E-state index in [1.807, 2.05) is 12.1 Å². The number of halogens is 1. The predicted octanol–water partition coefficient (Wildman–Crippen LogP) is 3.03. The van der Waals surface area contributed by atoms with Gasteiger partial charge in [0.25, 0.3) is 5.91 Å². The SMILES string of the molecule is COc1cc(C(=O)NCc2ccc(Br)s2)ccc1N. The quantitative estimate of drug-likeness (QED) is 0.840. The van der Waals surface area contributed by atoms with Crippen molar-refractivity contribution in [2.24, 2.45) is 0 Å². The molecule has 0 spiro atoms. The van der Waals surface area contributed by atoms with Gasteiger partial charge in [-0.15, -0.1) is 11.3 Å². The van der Waals surface area contributed by atoms with E-state index in [1.54, 1.807) is 29.5 Å². The van der Waals surface area contributed by atoms with Gasteiger partial charge in [-0.25, -0.2) is 0 Å². The molecule has 1 aromatic heterocycles. The van der Waals surface area contributed by atoms with Crippen molar-refractivity contribution >= 4 is 38.9 Å². The molecular formula is C13H13BrN2O2S. The van der Waals surface area contributed by atoms with Crippen LogP contribution in [0.4, 0.5) is 5.69 Å². The highest BCUT2D eigenvalue weighted by atomic mass is 79.9. The molecule has 0 saturated heterocycles. The number of nitrogen functional groups attached to an aromatic ring is 1. The van der Waals surface area contributed by atoms with Gasteiger partial charge in [0.2, 0.25) is 0 Å². The van der Waals surface area contributed by atoms with E-state index in [0.717, 1.165) is 8.66 Å². The second kappa shape index (κ2) is 6.08. The lowest BCUT2D eigenvalue weighted by Gasteiger charge is -2.07. The number of benzene rings is 1. The first kappa shape index (κ1) is 13.9. The Morgan fingerprint density at radius 2 is 2.21 bits per heavy atom. The number of methoxy groups -OCH3 is 1. The summed E-state index contributed by atoms with van der Waals surface area (Å²) in [5.74, 6) is 0.356. The van der Waals surface area contributed by atoms with Gasteiger partial charge in [-0.3, -0.25) is 4.79 Å². The fourth-order valence-electron chi connectivity index (χ4n) is 1.57. The molecule has 0 unspecified atom stereocenters. The summed E-state index contributed by atoms with van der Waals surface area (Å²) in [7, 11) is 1.52. The van der Waals surface area contributed by atoms with Crippen LogP contribution < -0.4 is 15.8 Å². The van der Waals surface area contributed by atoms with Gasteiger partial charge in [0.1, 0.15) is 5.75 Å². The first-order valence-corrected chi connectivity index (χ1v) is 7.17. The average Bonchev–Trinajstić information content (AvgIpc) is 2.82. The average molecular weight is 341 g/mol. The fraction of sp³-hybridized carbons (Fsp3) is 0.154. The molecule has 6 heteroatoms. The van der Waals surface area contributed by atoms with E-state index in [2.05, 4.69) is 21.2 Å². The highest BCUT2D eigenvalue weighted by Crippen LogP contribution is 2.23. The Morgan fingerprint density at radius 3 is 2.84 bits per heavy atom. The smallest absolute Gasteiger partial charge is 0.251 e. The molecule has 0 fully saturated rings. The zero-order valence-electron chi connectivity index (χ0n) is 10.3. The fourth-order valence-corrected chi connectivity index (χ4v) is 2.99. The number of nitrogens with one attached hydrogen (secondary N) is 1. The van der Waals surface area contributed by atoms with Crippen molar-refractivity contribution in [3.63, 3.8) is 0 Å². The molecule has 0 saturated carbocycles. The lowest BCUT2D eigenvalue weighted by molar-refractivity contribution is 0.0951. The minimum absolute atomic E-state index is 0.150. The lowest BCUT2D eigenvalue weighted by atomic mass is 10.2. The van der Waals surface area contributed by atoms with Gasteiger partial charge in [-0.2, -0.15) is 0 Å². The maximum absolute atomic E-state index is 12.0. The highest BCUT2D eigenvalue weighted by Gasteiger charge is 2.09. The topological polar surface area (TPSA) is 64.3 Å². The highest BCUT2D eigenvalue weighted by molar-refractivity contribution is 9.11. The normalized spacial score (nSPS) is 10.2. The van der Waals surface area contributed by atoms with Crippen molar-refractivity contribution < 1.29 is 9.53 Å². The number of ether oxygens (including phenoxy) is 1. The zero-order valence-corrected chi connectivity index (χ0v) is 12.7. The third kappa shape index (κ3) is 3.48. The minimum atomic E-state index is -0.150. The summed E-state index contributed by atoms with van der Waals surface area (Å²) in [6.07, 6.45) is 0. The Balaban J connectivity index is 2.03. The second-order valence-electron chi connectivity index (χ2n) is 3.85. The Bertz CT molecular complexity index is 598. The second-order valence-corrected chi connectivity index (χ2v) is 6.39. The van der Waals surface area contributed by atoms with Crippen LogP contribution >= 0.6 is 27.3 Å². The predicted molar refractivity (Wildman–Crippen MR) is 80.6 cm³/mol. The van der Waals surface area contributed by atoms with Crippen molar-refractivity contribution in [3.8, 4) is 5.75 Å². The molecule has 0 bridgehead atoms. The number of anilines is 1. The van der Waals surface area contributed by atoms with Crippen LogP contribution in [0.2, 0.25) is 0 Å². The van der Waals surface area contributed by atoms with Crippen molar-refractivity contribution in [2.75, 3.05) is 12.8 Å². The molecule has 1 aromatic carbocycles. The van der Waals surface area contributed by atoms with Crippen LogP contribution in [-0.2, 0) is 6.54 Å². The summed E-state index contributed by atoms with van der Waals surface area (Å²) in [4.78, 5) is 13.1. The van der Waals surface area contributed by atoms with Gasteiger partial charge in [-0.05, 0) is 46.3 Å².